The second-order valence-corrected chi connectivity index (χ2v) is 10.4. The van der Waals surface area contributed by atoms with E-state index in [9.17, 15) is 17.6 Å². The number of ketones is 1. The number of morpholine rings is 1. The largest absolute Gasteiger partial charge is 0.489 e. The summed E-state index contributed by atoms with van der Waals surface area (Å²) in [6, 6.07) is 7.97. The second-order valence-electron chi connectivity index (χ2n) is 8.64. The molecule has 8 nitrogen and oxygen atoms in total. The molecule has 0 saturated carbocycles. The molecule has 2 aliphatic heterocycles. The van der Waals surface area contributed by atoms with Gasteiger partial charge in [-0.15, -0.1) is 0 Å². The highest BCUT2D eigenvalue weighted by molar-refractivity contribution is 7.92. The molecule has 1 saturated heterocycles. The van der Waals surface area contributed by atoms with Gasteiger partial charge in [-0.05, 0) is 32.0 Å². The molecule has 0 bridgehead atoms. The quantitative estimate of drug-likeness (QED) is 0.682. The molecular weight excluding hydrogens is 451 g/mol. The number of carbonyl (C=O) groups is 1. The molecule has 4 rings (SSSR count). The Morgan fingerprint density at radius 2 is 1.97 bits per heavy atom. The molecule has 178 valence electrons. The van der Waals surface area contributed by atoms with E-state index in [0.29, 0.717) is 37.6 Å². The molecule has 0 aliphatic carbocycles. The van der Waals surface area contributed by atoms with Crippen molar-refractivity contribution in [2.24, 2.45) is 0 Å². The minimum absolute atomic E-state index is 0.0130. The Labute approximate surface area is 192 Å². The summed E-state index contributed by atoms with van der Waals surface area (Å²) in [5, 5.41) is 0. The van der Waals surface area contributed by atoms with Gasteiger partial charge in [0.15, 0.2) is 5.78 Å². The van der Waals surface area contributed by atoms with E-state index in [0.717, 1.165) is 11.9 Å². The number of benzene rings is 2. The summed E-state index contributed by atoms with van der Waals surface area (Å²) in [5.74, 6) is 0.0105. The van der Waals surface area contributed by atoms with E-state index >= 15 is 0 Å². The van der Waals surface area contributed by atoms with Gasteiger partial charge in [-0.3, -0.25) is 9.52 Å². The third-order valence-electron chi connectivity index (χ3n) is 5.68. The average Bonchev–Trinajstić information content (AvgIpc) is 2.73. The first-order valence-corrected chi connectivity index (χ1v) is 12.5. The second kappa shape index (κ2) is 8.83. The van der Waals surface area contributed by atoms with Crippen LogP contribution in [0.1, 0.15) is 29.3 Å². The predicted molar refractivity (Wildman–Crippen MR) is 123 cm³/mol. The molecule has 2 aliphatic rings. The lowest BCUT2D eigenvalue weighted by Gasteiger charge is -2.37. The summed E-state index contributed by atoms with van der Waals surface area (Å²) < 4.78 is 57.7. The summed E-state index contributed by atoms with van der Waals surface area (Å²) in [7, 11) is -3.63. The van der Waals surface area contributed by atoms with Crippen molar-refractivity contribution in [3.63, 3.8) is 0 Å². The third kappa shape index (κ3) is 5.22. The molecule has 33 heavy (non-hydrogen) atoms. The number of fused-ring (bicyclic) bond motifs is 1. The average molecular weight is 479 g/mol. The van der Waals surface area contributed by atoms with E-state index in [1.54, 1.807) is 38.1 Å². The summed E-state index contributed by atoms with van der Waals surface area (Å²) in [6.07, 6.45) is 1.01. The van der Waals surface area contributed by atoms with Crippen molar-refractivity contribution in [1.82, 2.24) is 0 Å². The Morgan fingerprint density at radius 3 is 2.67 bits per heavy atom. The lowest BCUT2D eigenvalue weighted by Crippen LogP contribution is -2.45. The minimum atomic E-state index is -3.63. The van der Waals surface area contributed by atoms with Crippen LogP contribution < -0.4 is 19.1 Å². The molecule has 1 N–H and O–H groups in total. The maximum Gasteiger partial charge on any atom is 0.229 e. The highest BCUT2D eigenvalue weighted by Crippen LogP contribution is 2.41. The standard InChI is InChI=1S/C23H27FN2O6S/c1-15-17(24)5-4-6-20(15)31-14-23(2)13-19(27)22-18(25-33(3,28)29)11-16(12-21(22)32-23)26-7-9-30-10-8-26/h4-6,11-12,25H,7-10,13-14H2,1-3H3. The van der Waals surface area contributed by atoms with Crippen LogP contribution >= 0.6 is 0 Å². The zero-order valence-corrected chi connectivity index (χ0v) is 19.6. The van der Waals surface area contributed by atoms with Crippen LogP contribution in [0.25, 0.3) is 0 Å². The number of sulfonamides is 1. The van der Waals surface area contributed by atoms with Gasteiger partial charge in [-0.1, -0.05) is 6.07 Å². The van der Waals surface area contributed by atoms with Crippen molar-refractivity contribution in [1.29, 1.82) is 0 Å². The zero-order valence-electron chi connectivity index (χ0n) is 18.8. The van der Waals surface area contributed by atoms with Gasteiger partial charge in [-0.25, -0.2) is 12.8 Å². The van der Waals surface area contributed by atoms with Crippen LogP contribution in [0, 0.1) is 12.7 Å². The lowest BCUT2D eigenvalue weighted by atomic mass is 9.91. The Balaban J connectivity index is 1.67. The van der Waals surface area contributed by atoms with E-state index in [2.05, 4.69) is 4.72 Å². The van der Waals surface area contributed by atoms with Gasteiger partial charge < -0.3 is 19.1 Å². The fourth-order valence-corrected chi connectivity index (χ4v) is 4.60. The molecule has 2 aromatic carbocycles. The molecule has 1 fully saturated rings. The van der Waals surface area contributed by atoms with Gasteiger partial charge >= 0.3 is 0 Å². The molecule has 1 atom stereocenters. The minimum Gasteiger partial charge on any atom is -0.489 e. The number of hydrogen-bond donors (Lipinski definition) is 1. The van der Waals surface area contributed by atoms with Gasteiger partial charge in [0.05, 0.1) is 37.1 Å². The van der Waals surface area contributed by atoms with Crippen molar-refractivity contribution in [3.8, 4) is 11.5 Å². The predicted octanol–water partition coefficient (Wildman–Crippen LogP) is 3.15. The summed E-state index contributed by atoms with van der Waals surface area (Å²) in [5.41, 5.74) is 0.455. The molecule has 0 amide bonds. The van der Waals surface area contributed by atoms with E-state index in [-0.39, 0.29) is 41.6 Å². The molecule has 0 radical (unpaired) electrons. The van der Waals surface area contributed by atoms with Crippen molar-refractivity contribution in [2.45, 2.75) is 25.9 Å². The van der Waals surface area contributed by atoms with Gasteiger partial charge in [0.25, 0.3) is 0 Å². The number of anilines is 2. The normalized spacial score (nSPS) is 20.7. The van der Waals surface area contributed by atoms with Crippen LogP contribution in [0.5, 0.6) is 11.5 Å². The Morgan fingerprint density at radius 1 is 1.24 bits per heavy atom. The first-order chi connectivity index (χ1) is 15.5. The maximum atomic E-state index is 13.9. The number of hydrogen-bond acceptors (Lipinski definition) is 7. The molecule has 0 spiro atoms. The Bertz CT molecular complexity index is 1180. The number of halogens is 1. The van der Waals surface area contributed by atoms with Crippen LogP contribution in [-0.2, 0) is 14.8 Å². The third-order valence-corrected chi connectivity index (χ3v) is 6.27. The monoisotopic (exact) mass is 478 g/mol. The number of ether oxygens (including phenoxy) is 3. The van der Waals surface area contributed by atoms with Gasteiger partial charge in [0.2, 0.25) is 10.0 Å². The summed E-state index contributed by atoms with van der Waals surface area (Å²) in [4.78, 5) is 15.2. The highest BCUT2D eigenvalue weighted by Gasteiger charge is 2.40. The topological polar surface area (TPSA) is 94.2 Å². The molecule has 2 aromatic rings. The number of nitrogens with zero attached hydrogens (tertiary/aromatic N) is 1. The maximum absolute atomic E-state index is 13.9. The van der Waals surface area contributed by atoms with Crippen molar-refractivity contribution in [2.75, 3.05) is 48.8 Å². The number of rotatable bonds is 6. The Kier molecular flexibility index (Phi) is 6.24. The molecular formula is C23H27FN2O6S. The smallest absolute Gasteiger partial charge is 0.229 e. The Hall–Kier alpha value is -2.85. The number of nitrogens with one attached hydrogen (secondary N) is 1. The van der Waals surface area contributed by atoms with Crippen molar-refractivity contribution in [3.05, 3.63) is 47.3 Å². The zero-order chi connectivity index (χ0) is 23.8. The first kappa shape index (κ1) is 23.3. The van der Waals surface area contributed by atoms with Gasteiger partial charge in [0.1, 0.15) is 29.5 Å². The number of carbonyl (C=O) groups excluding carboxylic acids is 1. The van der Waals surface area contributed by atoms with Crippen LogP contribution in [0.15, 0.2) is 30.3 Å². The van der Waals surface area contributed by atoms with E-state index in [4.69, 9.17) is 14.2 Å². The van der Waals surface area contributed by atoms with E-state index in [1.807, 2.05) is 4.90 Å². The first-order valence-electron chi connectivity index (χ1n) is 10.6. The van der Waals surface area contributed by atoms with Crippen LogP contribution in [-0.4, -0.2) is 59.0 Å². The molecule has 10 heteroatoms. The summed E-state index contributed by atoms with van der Waals surface area (Å²) >= 11 is 0. The van der Waals surface area contributed by atoms with Gasteiger partial charge in [-0.2, -0.15) is 0 Å². The van der Waals surface area contributed by atoms with E-state index < -0.39 is 15.6 Å². The fraction of sp³-hybridized carbons (Fsp3) is 0.435. The van der Waals surface area contributed by atoms with Crippen molar-refractivity contribution >= 4 is 27.2 Å². The molecule has 0 aromatic heterocycles. The van der Waals surface area contributed by atoms with Crippen molar-refractivity contribution < 1.29 is 31.8 Å². The SMILES string of the molecule is Cc1c(F)cccc1OCC1(C)CC(=O)c2c(NS(C)(=O)=O)cc(N3CCOCC3)cc2O1. The highest BCUT2D eigenvalue weighted by atomic mass is 32.2. The van der Waals surface area contributed by atoms with Crippen LogP contribution in [0.4, 0.5) is 15.8 Å². The molecule has 1 unspecified atom stereocenters. The number of Topliss-reactive ketones (excluding diaryl/α,β-unsaturated/α-hetero) is 1. The lowest BCUT2D eigenvalue weighted by molar-refractivity contribution is 0.0189. The van der Waals surface area contributed by atoms with Crippen LogP contribution in [0.3, 0.4) is 0 Å². The van der Waals surface area contributed by atoms with Crippen LogP contribution in [0.2, 0.25) is 0 Å². The fourth-order valence-electron chi connectivity index (χ4n) is 4.04. The van der Waals surface area contributed by atoms with Gasteiger partial charge in [0, 0.05) is 30.4 Å². The van der Waals surface area contributed by atoms with E-state index in [1.165, 1.54) is 6.07 Å². The summed E-state index contributed by atoms with van der Waals surface area (Å²) in [6.45, 7) is 5.72. The molecule has 2 heterocycles.